The van der Waals surface area contributed by atoms with Gasteiger partial charge in [0.2, 0.25) is 0 Å². The summed E-state index contributed by atoms with van der Waals surface area (Å²) in [5.74, 6) is 0.892. The van der Waals surface area contributed by atoms with Gasteiger partial charge in [-0.2, -0.15) is 0 Å². The second-order valence-electron chi connectivity index (χ2n) is 5.44. The van der Waals surface area contributed by atoms with Crippen molar-refractivity contribution in [3.8, 4) is 11.3 Å². The van der Waals surface area contributed by atoms with E-state index in [4.69, 9.17) is 4.42 Å². The van der Waals surface area contributed by atoms with E-state index in [0.717, 1.165) is 18.0 Å². The molecule has 0 atom stereocenters. The fourth-order valence-corrected chi connectivity index (χ4v) is 2.44. The van der Waals surface area contributed by atoms with Crippen LogP contribution in [0.1, 0.15) is 36.2 Å². The second-order valence-corrected chi connectivity index (χ2v) is 5.44. The number of aromatic nitrogens is 1. The maximum atomic E-state index is 5.63. The van der Waals surface area contributed by atoms with Crippen LogP contribution in [0.25, 0.3) is 11.3 Å². The van der Waals surface area contributed by atoms with Crippen molar-refractivity contribution in [3.63, 3.8) is 0 Å². The van der Waals surface area contributed by atoms with E-state index in [2.05, 4.69) is 57.1 Å². The highest BCUT2D eigenvalue weighted by Crippen LogP contribution is 2.30. The van der Waals surface area contributed by atoms with Gasteiger partial charge in [-0.15, -0.1) is 0 Å². The van der Waals surface area contributed by atoms with E-state index in [0.29, 0.717) is 6.04 Å². The van der Waals surface area contributed by atoms with Gasteiger partial charge >= 0.3 is 0 Å². The third-order valence-corrected chi connectivity index (χ3v) is 3.22. The molecule has 3 heteroatoms. The summed E-state index contributed by atoms with van der Waals surface area (Å²) in [4.78, 5) is 4.34. The van der Waals surface area contributed by atoms with Crippen LogP contribution >= 0.6 is 0 Å². The average molecular weight is 258 g/mol. The molecule has 0 amide bonds. The van der Waals surface area contributed by atoms with Crippen molar-refractivity contribution in [1.82, 2.24) is 10.3 Å². The average Bonchev–Trinajstić information content (AvgIpc) is 2.73. The fourth-order valence-electron chi connectivity index (χ4n) is 2.44. The lowest BCUT2D eigenvalue weighted by Gasteiger charge is -2.11. The first-order valence-corrected chi connectivity index (χ1v) is 6.73. The molecule has 3 nitrogen and oxygen atoms in total. The first-order valence-electron chi connectivity index (χ1n) is 6.73. The molecule has 1 N–H and O–H groups in total. The van der Waals surface area contributed by atoms with Gasteiger partial charge in [0, 0.05) is 18.2 Å². The van der Waals surface area contributed by atoms with Crippen LogP contribution in [0.5, 0.6) is 0 Å². The summed E-state index contributed by atoms with van der Waals surface area (Å²) in [5.41, 5.74) is 5.90. The Kier molecular flexibility index (Phi) is 4.05. The Morgan fingerprint density at radius 1 is 1.16 bits per heavy atom. The van der Waals surface area contributed by atoms with Gasteiger partial charge in [-0.05, 0) is 31.9 Å². The lowest BCUT2D eigenvalue weighted by molar-refractivity contribution is 0.562. The van der Waals surface area contributed by atoms with Gasteiger partial charge in [0.15, 0.2) is 12.2 Å². The number of oxazole rings is 1. The fraction of sp³-hybridized carbons (Fsp3) is 0.438. The van der Waals surface area contributed by atoms with Crippen molar-refractivity contribution < 1.29 is 4.42 Å². The van der Waals surface area contributed by atoms with Crippen LogP contribution in [0.3, 0.4) is 0 Å². The summed E-state index contributed by atoms with van der Waals surface area (Å²) in [5, 5.41) is 3.39. The molecule has 0 bridgehead atoms. The minimum atomic E-state index is 0.435. The molecule has 19 heavy (non-hydrogen) atoms. The number of hydrogen-bond donors (Lipinski definition) is 1. The van der Waals surface area contributed by atoms with Crippen molar-refractivity contribution in [2.75, 3.05) is 0 Å². The quantitative estimate of drug-likeness (QED) is 0.907. The van der Waals surface area contributed by atoms with Crippen LogP contribution in [0, 0.1) is 20.8 Å². The molecule has 2 rings (SSSR count). The van der Waals surface area contributed by atoms with Gasteiger partial charge in [-0.25, -0.2) is 4.98 Å². The zero-order chi connectivity index (χ0) is 14.0. The lowest BCUT2D eigenvalue weighted by atomic mass is 9.97. The van der Waals surface area contributed by atoms with Crippen molar-refractivity contribution in [2.45, 2.75) is 47.2 Å². The van der Waals surface area contributed by atoms with Gasteiger partial charge < -0.3 is 9.73 Å². The monoisotopic (exact) mass is 258 g/mol. The molecule has 0 aliphatic rings. The highest BCUT2D eigenvalue weighted by molar-refractivity contribution is 5.68. The Bertz CT molecular complexity index is 547. The van der Waals surface area contributed by atoms with Crippen molar-refractivity contribution in [2.24, 2.45) is 0 Å². The number of rotatable bonds is 4. The van der Waals surface area contributed by atoms with Gasteiger partial charge in [0.1, 0.15) is 5.69 Å². The summed E-state index contributed by atoms with van der Waals surface area (Å²) in [7, 11) is 0. The first kappa shape index (κ1) is 13.8. The molecule has 0 saturated carbocycles. The van der Waals surface area contributed by atoms with Crippen molar-refractivity contribution in [3.05, 3.63) is 40.9 Å². The zero-order valence-electron chi connectivity index (χ0n) is 12.4. The Morgan fingerprint density at radius 2 is 1.79 bits per heavy atom. The van der Waals surface area contributed by atoms with E-state index in [-0.39, 0.29) is 0 Å². The van der Waals surface area contributed by atoms with Crippen LogP contribution in [0.4, 0.5) is 0 Å². The third kappa shape index (κ3) is 3.04. The number of nitrogens with zero attached hydrogens (tertiary/aromatic N) is 1. The van der Waals surface area contributed by atoms with Crippen LogP contribution in [0.15, 0.2) is 22.9 Å². The second kappa shape index (κ2) is 5.57. The SMILES string of the molecule is Cc1cc(C)c(-c2ocnc2CNC(C)C)c(C)c1. The zero-order valence-corrected chi connectivity index (χ0v) is 12.4. The van der Waals surface area contributed by atoms with Gasteiger partial charge in [0.05, 0.1) is 0 Å². The molecule has 0 saturated heterocycles. The molecule has 1 aromatic heterocycles. The van der Waals surface area contributed by atoms with Crippen LogP contribution in [-0.4, -0.2) is 11.0 Å². The first-order chi connectivity index (χ1) is 8.99. The standard InChI is InChI=1S/C16H22N2O/c1-10(2)17-8-14-16(19-9-18-14)15-12(4)6-11(3)7-13(15)5/h6-7,9-10,17H,8H2,1-5H3. The molecule has 0 spiro atoms. The Balaban J connectivity index is 2.40. The highest BCUT2D eigenvalue weighted by atomic mass is 16.3. The minimum Gasteiger partial charge on any atom is -0.443 e. The minimum absolute atomic E-state index is 0.435. The maximum Gasteiger partial charge on any atom is 0.181 e. The molecular weight excluding hydrogens is 236 g/mol. The van der Waals surface area contributed by atoms with E-state index in [1.165, 1.54) is 28.6 Å². The summed E-state index contributed by atoms with van der Waals surface area (Å²) >= 11 is 0. The molecule has 0 fully saturated rings. The van der Waals surface area contributed by atoms with Crippen molar-refractivity contribution >= 4 is 0 Å². The third-order valence-electron chi connectivity index (χ3n) is 3.22. The molecule has 102 valence electrons. The predicted molar refractivity (Wildman–Crippen MR) is 78.1 cm³/mol. The summed E-state index contributed by atoms with van der Waals surface area (Å²) < 4.78 is 5.63. The smallest absolute Gasteiger partial charge is 0.181 e. The number of hydrogen-bond acceptors (Lipinski definition) is 3. The van der Waals surface area contributed by atoms with E-state index in [9.17, 15) is 0 Å². The van der Waals surface area contributed by atoms with Crippen LogP contribution < -0.4 is 5.32 Å². The van der Waals surface area contributed by atoms with Crippen LogP contribution in [-0.2, 0) is 6.54 Å². The molecular formula is C16H22N2O. The highest BCUT2D eigenvalue weighted by Gasteiger charge is 2.15. The van der Waals surface area contributed by atoms with E-state index in [1.807, 2.05) is 0 Å². The molecule has 2 aromatic rings. The Morgan fingerprint density at radius 3 is 2.37 bits per heavy atom. The van der Waals surface area contributed by atoms with E-state index in [1.54, 1.807) is 0 Å². The molecule has 0 aliphatic carbocycles. The normalized spacial score (nSPS) is 11.3. The largest absolute Gasteiger partial charge is 0.443 e. The Hall–Kier alpha value is -1.61. The number of nitrogens with one attached hydrogen (secondary N) is 1. The predicted octanol–water partition coefficient (Wildman–Crippen LogP) is 3.76. The van der Waals surface area contributed by atoms with Gasteiger partial charge in [0.25, 0.3) is 0 Å². The Labute approximate surface area is 115 Å². The lowest BCUT2D eigenvalue weighted by Crippen LogP contribution is -2.22. The number of aryl methyl sites for hydroxylation is 3. The van der Waals surface area contributed by atoms with E-state index < -0.39 is 0 Å². The topological polar surface area (TPSA) is 38.1 Å². The molecule has 1 aromatic carbocycles. The summed E-state index contributed by atoms with van der Waals surface area (Å²) in [6.45, 7) is 11.3. The molecule has 0 unspecified atom stereocenters. The molecule has 1 heterocycles. The summed E-state index contributed by atoms with van der Waals surface area (Å²) in [6, 6.07) is 4.81. The summed E-state index contributed by atoms with van der Waals surface area (Å²) in [6.07, 6.45) is 1.53. The van der Waals surface area contributed by atoms with Gasteiger partial charge in [-0.3, -0.25) is 0 Å². The molecule has 0 aliphatic heterocycles. The van der Waals surface area contributed by atoms with Crippen molar-refractivity contribution in [1.29, 1.82) is 0 Å². The number of benzene rings is 1. The maximum absolute atomic E-state index is 5.63. The van der Waals surface area contributed by atoms with Gasteiger partial charge in [-0.1, -0.05) is 31.5 Å². The molecule has 0 radical (unpaired) electrons. The van der Waals surface area contributed by atoms with E-state index >= 15 is 0 Å². The van der Waals surface area contributed by atoms with Crippen LogP contribution in [0.2, 0.25) is 0 Å².